The monoisotopic (exact) mass is 319 g/mol. The van der Waals surface area contributed by atoms with Gasteiger partial charge in [-0.1, -0.05) is 48.0 Å². The summed E-state index contributed by atoms with van der Waals surface area (Å²) in [5.41, 5.74) is 0. The zero-order valence-electron chi connectivity index (χ0n) is 10.7. The fraction of sp³-hybridized carbons (Fsp3) is 0. The van der Waals surface area contributed by atoms with Gasteiger partial charge in [0.1, 0.15) is 10.0 Å². The van der Waals surface area contributed by atoms with Crippen molar-refractivity contribution < 1.29 is 12.6 Å². The van der Waals surface area contributed by atoms with E-state index < -0.39 is 10.1 Å². The zero-order chi connectivity index (χ0) is 14.9. The molecule has 21 heavy (non-hydrogen) atoms. The van der Waals surface area contributed by atoms with Gasteiger partial charge in [-0.2, -0.15) is 8.42 Å². The van der Waals surface area contributed by atoms with E-state index in [1.54, 1.807) is 18.2 Å². The van der Waals surface area contributed by atoms with Crippen molar-refractivity contribution in [3.8, 4) is 5.75 Å². The number of benzene rings is 2. The van der Waals surface area contributed by atoms with E-state index in [2.05, 4.69) is 4.98 Å². The van der Waals surface area contributed by atoms with Crippen LogP contribution in [0.4, 0.5) is 0 Å². The molecule has 0 spiro atoms. The van der Waals surface area contributed by atoms with E-state index in [0.29, 0.717) is 0 Å². The molecule has 6 heteroatoms. The Labute approximate surface area is 127 Å². The van der Waals surface area contributed by atoms with Gasteiger partial charge in [-0.25, -0.2) is 4.98 Å². The second-order valence-electron chi connectivity index (χ2n) is 4.33. The Morgan fingerprint density at radius 2 is 1.71 bits per heavy atom. The van der Waals surface area contributed by atoms with Gasteiger partial charge >= 0.3 is 10.1 Å². The van der Waals surface area contributed by atoms with E-state index in [1.807, 2.05) is 24.3 Å². The van der Waals surface area contributed by atoms with Crippen LogP contribution in [-0.4, -0.2) is 13.4 Å². The highest BCUT2D eigenvalue weighted by molar-refractivity contribution is 7.87. The number of hydrogen-bond donors (Lipinski definition) is 0. The topological polar surface area (TPSA) is 56.3 Å². The molecule has 0 aliphatic carbocycles. The number of pyridine rings is 1. The smallest absolute Gasteiger partial charge is 0.340 e. The maximum absolute atomic E-state index is 12.3. The molecule has 0 aliphatic heterocycles. The van der Waals surface area contributed by atoms with Crippen molar-refractivity contribution in [2.24, 2.45) is 0 Å². The molecule has 3 aromatic rings. The van der Waals surface area contributed by atoms with Crippen molar-refractivity contribution >= 4 is 32.5 Å². The minimum absolute atomic E-state index is 0.0418. The Kier molecular flexibility index (Phi) is 3.53. The van der Waals surface area contributed by atoms with E-state index >= 15 is 0 Å². The lowest BCUT2D eigenvalue weighted by molar-refractivity contribution is 0.488. The second-order valence-corrected chi connectivity index (χ2v) is 6.26. The number of rotatable bonds is 3. The van der Waals surface area contributed by atoms with Crippen LogP contribution < -0.4 is 4.18 Å². The first-order chi connectivity index (χ1) is 10.1. The van der Waals surface area contributed by atoms with Gasteiger partial charge in [0, 0.05) is 5.39 Å². The SMILES string of the molecule is O=S(=O)(Oc1cccc2ccccc12)c1ccc(Cl)nc1. The summed E-state index contributed by atoms with van der Waals surface area (Å²) in [6, 6.07) is 15.4. The Balaban J connectivity index is 2.03. The van der Waals surface area contributed by atoms with E-state index in [0.717, 1.165) is 10.8 Å². The van der Waals surface area contributed by atoms with Crippen LogP contribution in [0.3, 0.4) is 0 Å². The molecule has 3 rings (SSSR count). The summed E-state index contributed by atoms with van der Waals surface area (Å²) in [6.45, 7) is 0. The molecular formula is C15H10ClNO3S. The number of aromatic nitrogens is 1. The summed E-state index contributed by atoms with van der Waals surface area (Å²) in [5.74, 6) is 0.281. The van der Waals surface area contributed by atoms with Crippen molar-refractivity contribution in [3.05, 3.63) is 65.9 Å². The van der Waals surface area contributed by atoms with Crippen molar-refractivity contribution in [1.82, 2.24) is 4.98 Å². The second kappa shape index (κ2) is 5.35. The minimum atomic E-state index is -3.94. The van der Waals surface area contributed by atoms with Gasteiger partial charge in [-0.15, -0.1) is 0 Å². The Morgan fingerprint density at radius 3 is 2.48 bits per heavy atom. The zero-order valence-corrected chi connectivity index (χ0v) is 12.3. The van der Waals surface area contributed by atoms with Crippen molar-refractivity contribution in [1.29, 1.82) is 0 Å². The van der Waals surface area contributed by atoms with Gasteiger partial charge in [0.25, 0.3) is 0 Å². The summed E-state index contributed by atoms with van der Waals surface area (Å²) < 4.78 is 29.7. The van der Waals surface area contributed by atoms with Crippen LogP contribution in [0, 0.1) is 0 Å². The molecule has 0 saturated heterocycles. The maximum atomic E-state index is 12.3. The van der Waals surface area contributed by atoms with Crippen LogP contribution in [-0.2, 0) is 10.1 Å². The Hall–Kier alpha value is -2.11. The molecule has 1 aromatic heterocycles. The predicted octanol–water partition coefficient (Wildman–Crippen LogP) is 3.66. The van der Waals surface area contributed by atoms with Crippen LogP contribution in [0.15, 0.2) is 65.7 Å². The van der Waals surface area contributed by atoms with Crippen molar-refractivity contribution in [3.63, 3.8) is 0 Å². The van der Waals surface area contributed by atoms with Crippen LogP contribution in [0.2, 0.25) is 5.15 Å². The number of nitrogens with zero attached hydrogens (tertiary/aromatic N) is 1. The molecule has 0 bridgehead atoms. The highest BCUT2D eigenvalue weighted by Crippen LogP contribution is 2.28. The van der Waals surface area contributed by atoms with Gasteiger partial charge in [0.15, 0.2) is 5.75 Å². The van der Waals surface area contributed by atoms with E-state index in [9.17, 15) is 8.42 Å². The van der Waals surface area contributed by atoms with Gasteiger partial charge < -0.3 is 4.18 Å². The molecule has 0 saturated carbocycles. The average Bonchev–Trinajstić information content (AvgIpc) is 2.48. The van der Waals surface area contributed by atoms with Crippen LogP contribution in [0.5, 0.6) is 5.75 Å². The molecule has 0 fully saturated rings. The first kappa shape index (κ1) is 13.9. The first-order valence-electron chi connectivity index (χ1n) is 6.10. The summed E-state index contributed by atoms with van der Waals surface area (Å²) in [7, 11) is -3.94. The molecule has 0 N–H and O–H groups in total. The summed E-state index contributed by atoms with van der Waals surface area (Å²) in [6.07, 6.45) is 1.17. The van der Waals surface area contributed by atoms with Crippen LogP contribution in [0.25, 0.3) is 10.8 Å². The van der Waals surface area contributed by atoms with E-state index in [-0.39, 0.29) is 15.8 Å². The van der Waals surface area contributed by atoms with Crippen molar-refractivity contribution in [2.75, 3.05) is 0 Å². The van der Waals surface area contributed by atoms with Gasteiger partial charge in [-0.05, 0) is 23.6 Å². The van der Waals surface area contributed by atoms with Crippen LogP contribution in [0.1, 0.15) is 0 Å². The third-order valence-electron chi connectivity index (χ3n) is 2.94. The highest BCUT2D eigenvalue weighted by atomic mass is 35.5. The molecule has 0 atom stereocenters. The molecule has 0 unspecified atom stereocenters. The average molecular weight is 320 g/mol. The van der Waals surface area contributed by atoms with Crippen molar-refractivity contribution in [2.45, 2.75) is 4.90 Å². The van der Waals surface area contributed by atoms with Crippen LogP contribution >= 0.6 is 11.6 Å². The standard InChI is InChI=1S/C15H10ClNO3S/c16-15-9-8-12(10-17-15)21(18,19)20-14-7-3-5-11-4-1-2-6-13(11)14/h1-10H. The normalized spacial score (nSPS) is 11.5. The quantitative estimate of drug-likeness (QED) is 0.546. The number of fused-ring (bicyclic) bond motifs is 1. The summed E-state index contributed by atoms with van der Waals surface area (Å²) in [4.78, 5) is 3.71. The molecule has 2 aromatic carbocycles. The Bertz CT molecular complexity index is 887. The Morgan fingerprint density at radius 1 is 0.952 bits per heavy atom. The fourth-order valence-corrected chi connectivity index (χ4v) is 2.95. The van der Waals surface area contributed by atoms with Gasteiger partial charge in [-0.3, -0.25) is 0 Å². The fourth-order valence-electron chi connectivity index (χ4n) is 1.94. The van der Waals surface area contributed by atoms with E-state index in [4.69, 9.17) is 15.8 Å². The molecule has 0 aliphatic rings. The molecule has 0 radical (unpaired) electrons. The molecule has 4 nitrogen and oxygen atoms in total. The number of halogens is 1. The molecule has 0 amide bonds. The first-order valence-corrected chi connectivity index (χ1v) is 7.89. The molecule has 1 heterocycles. The molecule has 106 valence electrons. The van der Waals surface area contributed by atoms with Gasteiger partial charge in [0.2, 0.25) is 0 Å². The van der Waals surface area contributed by atoms with E-state index in [1.165, 1.54) is 18.3 Å². The summed E-state index contributed by atoms with van der Waals surface area (Å²) in [5, 5.41) is 1.85. The third-order valence-corrected chi connectivity index (χ3v) is 4.38. The maximum Gasteiger partial charge on any atom is 0.340 e. The largest absolute Gasteiger partial charge is 0.378 e. The molecular weight excluding hydrogens is 310 g/mol. The minimum Gasteiger partial charge on any atom is -0.378 e. The lowest BCUT2D eigenvalue weighted by Crippen LogP contribution is -2.10. The van der Waals surface area contributed by atoms with Gasteiger partial charge in [0.05, 0.1) is 6.20 Å². The summed E-state index contributed by atoms with van der Waals surface area (Å²) >= 11 is 5.65. The highest BCUT2D eigenvalue weighted by Gasteiger charge is 2.18. The third kappa shape index (κ3) is 2.84. The number of hydrogen-bond acceptors (Lipinski definition) is 4. The lowest BCUT2D eigenvalue weighted by Gasteiger charge is -2.09. The lowest BCUT2D eigenvalue weighted by atomic mass is 10.1. The predicted molar refractivity (Wildman–Crippen MR) is 81.0 cm³/mol.